The number of esters is 1. The van der Waals surface area contributed by atoms with Gasteiger partial charge < -0.3 is 15.8 Å². The Bertz CT molecular complexity index is 373. The number of hydrogen-bond donors (Lipinski definition) is 2. The van der Waals surface area contributed by atoms with Gasteiger partial charge in [-0.1, -0.05) is 0 Å². The van der Waals surface area contributed by atoms with Gasteiger partial charge in [0.25, 0.3) is 0 Å². The normalized spacial score (nSPS) is 9.57. The zero-order valence-corrected chi connectivity index (χ0v) is 8.60. The van der Waals surface area contributed by atoms with Crippen LogP contribution in [0.1, 0.15) is 16.6 Å². The number of nitrogen functional groups attached to an aromatic ring is 1. The summed E-state index contributed by atoms with van der Waals surface area (Å²) in [4.78, 5) is 22.3. The molecule has 14 heavy (non-hydrogen) atoms. The van der Waals surface area contributed by atoms with Crippen LogP contribution in [-0.2, 0) is 9.53 Å². The van der Waals surface area contributed by atoms with Crippen molar-refractivity contribution in [1.82, 2.24) is 0 Å². The fourth-order valence-corrected chi connectivity index (χ4v) is 1.74. The van der Waals surface area contributed by atoms with Crippen LogP contribution < -0.4 is 11.1 Å². The molecule has 1 amide bonds. The highest BCUT2D eigenvalue weighted by atomic mass is 32.1. The standard InChI is InChI=1S/C8H10N2O3S/c1-4(11)10-5-3-6(9)14-7(5)8(12)13-2/h3H,9H2,1-2H3,(H,10,11). The van der Waals surface area contributed by atoms with Gasteiger partial charge in [-0.05, 0) is 6.07 Å². The molecule has 5 nitrogen and oxygen atoms in total. The third-order valence-electron chi connectivity index (χ3n) is 1.43. The molecule has 0 aromatic carbocycles. The Hall–Kier alpha value is -1.56. The zero-order valence-electron chi connectivity index (χ0n) is 7.79. The number of thiophene rings is 1. The average molecular weight is 214 g/mol. The molecule has 3 N–H and O–H groups in total. The Morgan fingerprint density at radius 2 is 2.21 bits per heavy atom. The maximum absolute atomic E-state index is 11.2. The molecule has 0 fully saturated rings. The number of methoxy groups -OCH3 is 1. The van der Waals surface area contributed by atoms with E-state index in [1.165, 1.54) is 20.1 Å². The number of hydrogen-bond acceptors (Lipinski definition) is 5. The van der Waals surface area contributed by atoms with E-state index in [4.69, 9.17) is 5.73 Å². The molecule has 0 aliphatic rings. The second kappa shape index (κ2) is 4.10. The topological polar surface area (TPSA) is 81.4 Å². The first-order valence-corrected chi connectivity index (χ1v) is 4.61. The van der Waals surface area contributed by atoms with E-state index in [1.54, 1.807) is 0 Å². The Morgan fingerprint density at radius 3 is 2.71 bits per heavy atom. The van der Waals surface area contributed by atoms with Crippen LogP contribution >= 0.6 is 11.3 Å². The van der Waals surface area contributed by atoms with Crippen molar-refractivity contribution in [3.8, 4) is 0 Å². The number of carbonyl (C=O) groups excluding carboxylic acids is 2. The summed E-state index contributed by atoms with van der Waals surface area (Å²) in [6, 6.07) is 1.53. The number of nitrogens with one attached hydrogen (secondary N) is 1. The monoisotopic (exact) mass is 214 g/mol. The molecule has 0 radical (unpaired) electrons. The van der Waals surface area contributed by atoms with Crippen LogP contribution in [0.2, 0.25) is 0 Å². The predicted octanol–water partition coefficient (Wildman–Crippen LogP) is 1.08. The van der Waals surface area contributed by atoms with Crippen LogP contribution in [0, 0.1) is 0 Å². The van der Waals surface area contributed by atoms with Gasteiger partial charge in [-0.3, -0.25) is 4.79 Å². The average Bonchev–Trinajstić information content (AvgIpc) is 2.44. The molecule has 76 valence electrons. The molecule has 0 saturated heterocycles. The number of ether oxygens (including phenoxy) is 1. The molecular formula is C8H10N2O3S. The molecule has 1 aromatic rings. The highest BCUT2D eigenvalue weighted by Crippen LogP contribution is 2.29. The fraction of sp³-hybridized carbons (Fsp3) is 0.250. The van der Waals surface area contributed by atoms with Crippen LogP contribution in [0.25, 0.3) is 0 Å². The molecular weight excluding hydrogens is 204 g/mol. The van der Waals surface area contributed by atoms with Gasteiger partial charge in [-0.15, -0.1) is 11.3 Å². The van der Waals surface area contributed by atoms with Crippen LogP contribution in [-0.4, -0.2) is 19.0 Å². The number of nitrogens with two attached hydrogens (primary N) is 1. The first kappa shape index (κ1) is 10.5. The van der Waals surface area contributed by atoms with E-state index in [9.17, 15) is 9.59 Å². The van der Waals surface area contributed by atoms with Gasteiger partial charge in [0.1, 0.15) is 4.88 Å². The van der Waals surface area contributed by atoms with E-state index >= 15 is 0 Å². The lowest BCUT2D eigenvalue weighted by Crippen LogP contribution is -2.09. The summed E-state index contributed by atoms with van der Waals surface area (Å²) < 4.78 is 4.54. The van der Waals surface area contributed by atoms with Gasteiger partial charge in [0.2, 0.25) is 5.91 Å². The predicted molar refractivity (Wildman–Crippen MR) is 54.4 cm³/mol. The Morgan fingerprint density at radius 1 is 1.57 bits per heavy atom. The van der Waals surface area contributed by atoms with Crippen LogP contribution in [0.5, 0.6) is 0 Å². The van der Waals surface area contributed by atoms with Gasteiger partial charge in [0.15, 0.2) is 0 Å². The maximum atomic E-state index is 11.2. The van der Waals surface area contributed by atoms with Gasteiger partial charge in [-0.25, -0.2) is 4.79 Å². The largest absolute Gasteiger partial charge is 0.465 e. The van der Waals surface area contributed by atoms with Crippen LogP contribution in [0.3, 0.4) is 0 Å². The minimum atomic E-state index is -0.504. The Labute approximate surface area is 84.9 Å². The number of amides is 1. The summed E-state index contributed by atoms with van der Waals surface area (Å²) >= 11 is 1.08. The zero-order chi connectivity index (χ0) is 10.7. The smallest absolute Gasteiger partial charge is 0.350 e. The molecule has 0 unspecified atom stereocenters. The SMILES string of the molecule is COC(=O)c1sc(N)cc1NC(C)=O. The minimum absolute atomic E-state index is 0.257. The van der Waals surface area contributed by atoms with E-state index in [2.05, 4.69) is 10.1 Å². The second-order valence-electron chi connectivity index (χ2n) is 2.56. The third-order valence-corrected chi connectivity index (χ3v) is 2.38. The molecule has 6 heteroatoms. The lowest BCUT2D eigenvalue weighted by molar-refractivity contribution is -0.114. The first-order chi connectivity index (χ1) is 6.54. The molecule has 0 saturated carbocycles. The summed E-state index contributed by atoms with van der Waals surface area (Å²) in [5, 5.41) is 2.95. The highest BCUT2D eigenvalue weighted by Gasteiger charge is 2.16. The number of rotatable bonds is 2. The molecule has 0 aliphatic carbocycles. The quantitative estimate of drug-likeness (QED) is 0.721. The van der Waals surface area contributed by atoms with Gasteiger partial charge in [-0.2, -0.15) is 0 Å². The van der Waals surface area contributed by atoms with Crippen LogP contribution in [0.15, 0.2) is 6.07 Å². The lowest BCUT2D eigenvalue weighted by atomic mass is 10.3. The third kappa shape index (κ3) is 2.23. The van der Waals surface area contributed by atoms with Crippen molar-refractivity contribution in [2.75, 3.05) is 18.2 Å². The maximum Gasteiger partial charge on any atom is 0.350 e. The summed E-state index contributed by atoms with van der Waals surface area (Å²) in [6.07, 6.45) is 0. The van der Waals surface area contributed by atoms with Crippen molar-refractivity contribution in [2.45, 2.75) is 6.92 Å². The molecule has 1 aromatic heterocycles. The van der Waals surface area contributed by atoms with Crippen molar-refractivity contribution in [3.63, 3.8) is 0 Å². The van der Waals surface area contributed by atoms with E-state index in [0.717, 1.165) is 11.3 Å². The van der Waals surface area contributed by atoms with Crippen molar-refractivity contribution in [3.05, 3.63) is 10.9 Å². The van der Waals surface area contributed by atoms with E-state index in [1.807, 2.05) is 0 Å². The van der Waals surface area contributed by atoms with Crippen molar-refractivity contribution < 1.29 is 14.3 Å². The fourth-order valence-electron chi connectivity index (χ4n) is 0.937. The lowest BCUT2D eigenvalue weighted by Gasteiger charge is -2.01. The van der Waals surface area contributed by atoms with Crippen LogP contribution in [0.4, 0.5) is 10.7 Å². The van der Waals surface area contributed by atoms with Gasteiger partial charge >= 0.3 is 5.97 Å². The molecule has 0 bridgehead atoms. The minimum Gasteiger partial charge on any atom is -0.465 e. The van der Waals surface area contributed by atoms with Crippen molar-refractivity contribution in [1.29, 1.82) is 0 Å². The first-order valence-electron chi connectivity index (χ1n) is 3.79. The molecule has 1 heterocycles. The summed E-state index contributed by atoms with van der Waals surface area (Å²) in [5.74, 6) is -0.761. The molecule has 1 rings (SSSR count). The molecule has 0 aliphatic heterocycles. The summed E-state index contributed by atoms with van der Waals surface area (Å²) in [5.41, 5.74) is 5.90. The van der Waals surface area contributed by atoms with Gasteiger partial charge in [0, 0.05) is 6.92 Å². The number of carbonyl (C=O) groups is 2. The second-order valence-corrected chi connectivity index (χ2v) is 3.65. The molecule has 0 spiro atoms. The summed E-state index contributed by atoms with van der Waals surface area (Å²) in [7, 11) is 1.27. The van der Waals surface area contributed by atoms with E-state index in [-0.39, 0.29) is 5.91 Å². The van der Waals surface area contributed by atoms with Crippen molar-refractivity contribution in [2.24, 2.45) is 0 Å². The van der Waals surface area contributed by atoms with E-state index in [0.29, 0.717) is 15.6 Å². The highest BCUT2D eigenvalue weighted by molar-refractivity contribution is 7.18. The number of anilines is 2. The van der Waals surface area contributed by atoms with Crippen molar-refractivity contribution >= 4 is 33.9 Å². The van der Waals surface area contributed by atoms with E-state index < -0.39 is 5.97 Å². The molecule has 0 atom stereocenters. The van der Waals surface area contributed by atoms with Gasteiger partial charge in [0.05, 0.1) is 17.8 Å². The summed E-state index contributed by atoms with van der Waals surface area (Å²) in [6.45, 7) is 1.36. The Kier molecular flexibility index (Phi) is 3.08. The Balaban J connectivity index is 3.02.